The van der Waals surface area contributed by atoms with Crippen LogP contribution in [0.25, 0.3) is 32.0 Å². The number of rotatable bonds is 4. The summed E-state index contributed by atoms with van der Waals surface area (Å²) in [4.78, 5) is 25.4. The number of thiophene rings is 2. The molecule has 0 bridgehead atoms. The third kappa shape index (κ3) is 3.19. The summed E-state index contributed by atoms with van der Waals surface area (Å²) in [5, 5.41) is 15.2. The number of primary amides is 1. The van der Waals surface area contributed by atoms with E-state index in [4.69, 9.17) is 15.7 Å². The molecule has 8 heteroatoms. The first kappa shape index (κ1) is 18.2. The smallest absolute Gasteiger partial charge is 0.240 e. The average Bonchev–Trinajstić information content (AvgIpc) is 3.47. The molecule has 1 amide bonds. The number of hydrogen-bond donors (Lipinski definition) is 2. The summed E-state index contributed by atoms with van der Waals surface area (Å²) in [6, 6.07) is 13.4. The standard InChI is InChI=1S/C21H18N4O2S2/c22-18(27)15-9-13(26)10-25(15)20-17-14(12-5-2-1-3-6-12)11-29-21(17)24-19(23-20)16-7-4-8-28-16/h1-8,11,13,15,26H,9-10H2,(H2,22,27)/t13-,15-/m1/s1. The quantitative estimate of drug-likeness (QED) is 0.525. The van der Waals surface area contributed by atoms with Crippen LogP contribution in [0.1, 0.15) is 6.42 Å². The van der Waals surface area contributed by atoms with E-state index in [9.17, 15) is 9.90 Å². The van der Waals surface area contributed by atoms with Gasteiger partial charge in [0.1, 0.15) is 16.7 Å². The number of carbonyl (C=O) groups excluding carboxylic acids is 1. The largest absolute Gasteiger partial charge is 0.391 e. The highest BCUT2D eigenvalue weighted by Gasteiger charge is 2.37. The molecule has 29 heavy (non-hydrogen) atoms. The van der Waals surface area contributed by atoms with Crippen LogP contribution < -0.4 is 10.6 Å². The van der Waals surface area contributed by atoms with Crippen LogP contribution in [0.3, 0.4) is 0 Å². The molecule has 1 fully saturated rings. The Hall–Kier alpha value is -2.81. The molecule has 4 aromatic rings. The van der Waals surface area contributed by atoms with E-state index in [0.717, 1.165) is 26.2 Å². The van der Waals surface area contributed by atoms with Crippen LogP contribution in [0.15, 0.2) is 53.2 Å². The molecular formula is C21H18N4O2S2. The number of β-amino-alcohol motifs (C(OH)–C–C–N with tert-alkyl or cyclic N) is 1. The molecule has 1 aliphatic heterocycles. The van der Waals surface area contributed by atoms with Crippen molar-refractivity contribution in [3.05, 3.63) is 53.2 Å². The van der Waals surface area contributed by atoms with Gasteiger partial charge in [-0.1, -0.05) is 36.4 Å². The summed E-state index contributed by atoms with van der Waals surface area (Å²) in [5.74, 6) is 0.815. The van der Waals surface area contributed by atoms with Crippen LogP contribution in [0.2, 0.25) is 0 Å². The minimum Gasteiger partial charge on any atom is -0.391 e. The summed E-state index contributed by atoms with van der Waals surface area (Å²) in [6.07, 6.45) is -0.318. The lowest BCUT2D eigenvalue weighted by atomic mass is 10.1. The van der Waals surface area contributed by atoms with Crippen molar-refractivity contribution >= 4 is 44.6 Å². The first-order chi connectivity index (χ1) is 14.1. The van der Waals surface area contributed by atoms with Crippen LogP contribution in [-0.2, 0) is 4.79 Å². The topological polar surface area (TPSA) is 92.3 Å². The molecule has 0 unspecified atom stereocenters. The monoisotopic (exact) mass is 422 g/mol. The van der Waals surface area contributed by atoms with E-state index in [-0.39, 0.29) is 0 Å². The molecule has 6 nitrogen and oxygen atoms in total. The molecule has 0 saturated carbocycles. The van der Waals surface area contributed by atoms with Crippen molar-refractivity contribution in [1.29, 1.82) is 0 Å². The number of aromatic nitrogens is 2. The summed E-state index contributed by atoms with van der Waals surface area (Å²) in [5.41, 5.74) is 7.73. The van der Waals surface area contributed by atoms with Gasteiger partial charge in [-0.2, -0.15) is 0 Å². The number of hydrogen-bond acceptors (Lipinski definition) is 7. The van der Waals surface area contributed by atoms with Gasteiger partial charge in [-0.25, -0.2) is 9.97 Å². The zero-order valence-electron chi connectivity index (χ0n) is 15.4. The molecule has 0 radical (unpaired) electrons. The zero-order valence-corrected chi connectivity index (χ0v) is 17.0. The zero-order chi connectivity index (χ0) is 20.0. The highest BCUT2D eigenvalue weighted by molar-refractivity contribution is 7.17. The second-order valence-electron chi connectivity index (χ2n) is 7.00. The van der Waals surface area contributed by atoms with Crippen molar-refractivity contribution in [3.63, 3.8) is 0 Å². The van der Waals surface area contributed by atoms with E-state index in [2.05, 4.69) is 5.38 Å². The Bertz CT molecular complexity index is 1170. The molecule has 146 valence electrons. The molecule has 4 heterocycles. The number of nitrogens with two attached hydrogens (primary N) is 1. The van der Waals surface area contributed by atoms with Crippen molar-refractivity contribution in [2.75, 3.05) is 11.4 Å². The summed E-state index contributed by atoms with van der Waals surface area (Å²) < 4.78 is 0. The molecule has 0 spiro atoms. The number of amides is 1. The number of benzene rings is 1. The average molecular weight is 423 g/mol. The SMILES string of the molecule is NC(=O)[C@H]1C[C@@H](O)CN1c1nc(-c2cccs2)nc2scc(-c3ccccc3)c12. The van der Waals surface area contributed by atoms with E-state index >= 15 is 0 Å². The number of aliphatic hydroxyl groups excluding tert-OH is 1. The van der Waals surface area contributed by atoms with Crippen LogP contribution in [0, 0.1) is 0 Å². The molecule has 1 aromatic carbocycles. The van der Waals surface area contributed by atoms with Crippen LogP contribution in [-0.4, -0.2) is 39.7 Å². The van der Waals surface area contributed by atoms with Gasteiger partial charge in [0.15, 0.2) is 5.82 Å². The molecule has 1 saturated heterocycles. The number of anilines is 1. The predicted octanol–water partition coefficient (Wildman–Crippen LogP) is 3.51. The van der Waals surface area contributed by atoms with Crippen LogP contribution in [0.4, 0.5) is 5.82 Å². The number of nitrogens with zero attached hydrogens (tertiary/aromatic N) is 3. The first-order valence-corrected chi connectivity index (χ1v) is 11.0. The molecular weight excluding hydrogens is 404 g/mol. The highest BCUT2D eigenvalue weighted by atomic mass is 32.1. The fraction of sp³-hybridized carbons (Fsp3) is 0.190. The molecule has 3 N–H and O–H groups in total. The molecule has 1 aliphatic rings. The van der Waals surface area contributed by atoms with Gasteiger partial charge in [-0.3, -0.25) is 4.79 Å². The van der Waals surface area contributed by atoms with E-state index in [1.807, 2.05) is 52.7 Å². The van der Waals surface area contributed by atoms with Crippen LogP contribution >= 0.6 is 22.7 Å². The summed E-state index contributed by atoms with van der Waals surface area (Å²) in [6.45, 7) is 0.313. The normalized spacial score (nSPS) is 19.1. The first-order valence-electron chi connectivity index (χ1n) is 9.24. The molecule has 0 aliphatic carbocycles. The van der Waals surface area contributed by atoms with Crippen molar-refractivity contribution in [2.45, 2.75) is 18.6 Å². The van der Waals surface area contributed by atoms with Gasteiger partial charge in [-0.15, -0.1) is 22.7 Å². The van der Waals surface area contributed by atoms with E-state index < -0.39 is 18.1 Å². The Labute approximate surface area is 175 Å². The fourth-order valence-electron chi connectivity index (χ4n) is 3.80. The minimum atomic E-state index is -0.624. The lowest BCUT2D eigenvalue weighted by molar-refractivity contribution is -0.119. The van der Waals surface area contributed by atoms with Crippen molar-refractivity contribution in [2.24, 2.45) is 5.73 Å². The number of carbonyl (C=O) groups is 1. The number of aliphatic hydroxyl groups is 1. The molecule has 2 atom stereocenters. The van der Waals surface area contributed by atoms with Gasteiger partial charge < -0.3 is 15.7 Å². The lowest BCUT2D eigenvalue weighted by Gasteiger charge is -2.24. The van der Waals surface area contributed by atoms with Gasteiger partial charge in [0.2, 0.25) is 5.91 Å². The van der Waals surface area contributed by atoms with E-state index in [1.54, 1.807) is 22.7 Å². The maximum Gasteiger partial charge on any atom is 0.240 e. The minimum absolute atomic E-state index is 0.306. The van der Waals surface area contributed by atoms with Gasteiger partial charge >= 0.3 is 0 Å². The lowest BCUT2D eigenvalue weighted by Crippen LogP contribution is -2.41. The number of fused-ring (bicyclic) bond motifs is 1. The van der Waals surface area contributed by atoms with Gasteiger partial charge in [0, 0.05) is 23.9 Å². The third-order valence-electron chi connectivity index (χ3n) is 5.12. The summed E-state index contributed by atoms with van der Waals surface area (Å²) in [7, 11) is 0. The Morgan fingerprint density at radius 2 is 1.97 bits per heavy atom. The maximum atomic E-state index is 12.1. The van der Waals surface area contributed by atoms with Gasteiger partial charge in [-0.05, 0) is 17.0 Å². The maximum absolute atomic E-state index is 12.1. The van der Waals surface area contributed by atoms with Crippen molar-refractivity contribution in [3.8, 4) is 21.8 Å². The third-order valence-corrected chi connectivity index (χ3v) is 6.86. The predicted molar refractivity (Wildman–Crippen MR) is 117 cm³/mol. The van der Waals surface area contributed by atoms with Crippen LogP contribution in [0.5, 0.6) is 0 Å². The van der Waals surface area contributed by atoms with Crippen molar-refractivity contribution < 1.29 is 9.90 Å². The summed E-state index contributed by atoms with van der Waals surface area (Å²) >= 11 is 3.12. The van der Waals surface area contributed by atoms with Crippen molar-refractivity contribution in [1.82, 2.24) is 9.97 Å². The second-order valence-corrected chi connectivity index (χ2v) is 8.81. The second kappa shape index (κ2) is 7.22. The molecule has 3 aromatic heterocycles. The fourth-order valence-corrected chi connectivity index (χ4v) is 5.39. The van der Waals surface area contributed by atoms with Gasteiger partial charge in [0.05, 0.1) is 16.4 Å². The Morgan fingerprint density at radius 1 is 1.14 bits per heavy atom. The van der Waals surface area contributed by atoms with E-state index in [1.165, 1.54) is 0 Å². The molecule has 5 rings (SSSR count). The Morgan fingerprint density at radius 3 is 2.69 bits per heavy atom. The Balaban J connectivity index is 1.77. The van der Waals surface area contributed by atoms with Gasteiger partial charge in [0.25, 0.3) is 0 Å². The Kier molecular flexibility index (Phi) is 4.54. The highest BCUT2D eigenvalue weighted by Crippen LogP contribution is 2.41. The van der Waals surface area contributed by atoms with E-state index in [0.29, 0.717) is 24.6 Å².